The summed E-state index contributed by atoms with van der Waals surface area (Å²) in [5.41, 5.74) is 3.52. The van der Waals surface area contributed by atoms with Crippen molar-refractivity contribution in [3.05, 3.63) is 98.6 Å². The van der Waals surface area contributed by atoms with E-state index in [1.165, 1.54) is 17.4 Å². The van der Waals surface area contributed by atoms with Gasteiger partial charge < -0.3 is 15.2 Å². The van der Waals surface area contributed by atoms with Crippen LogP contribution in [-0.4, -0.2) is 21.8 Å². The monoisotopic (exact) mass is 484 g/mol. The number of carbonyl (C=O) groups excluding carboxylic acids is 2. The topological polar surface area (TPSA) is 95.2 Å². The Labute approximate surface area is 206 Å². The second-order valence-electron chi connectivity index (χ2n) is 8.68. The molecule has 2 unspecified atom stereocenters. The largest absolute Gasteiger partial charge is 0.326 e. The van der Waals surface area contributed by atoms with Crippen LogP contribution in [0.3, 0.4) is 0 Å². The molecule has 0 radical (unpaired) electrons. The number of aromatic amines is 1. The Balaban J connectivity index is 1.44. The molecule has 2 N–H and O–H groups in total. The molecule has 1 saturated heterocycles. The minimum absolute atomic E-state index is 0.0808. The van der Waals surface area contributed by atoms with Gasteiger partial charge in [0.1, 0.15) is 5.82 Å². The first-order valence-corrected chi connectivity index (χ1v) is 12.2. The summed E-state index contributed by atoms with van der Waals surface area (Å²) < 4.78 is 0. The lowest BCUT2D eigenvalue weighted by Crippen LogP contribution is -2.32. The maximum absolute atomic E-state index is 13.5. The Hall–Kier alpha value is -4.04. The van der Waals surface area contributed by atoms with E-state index in [9.17, 15) is 14.4 Å². The Morgan fingerprint density at radius 1 is 1.06 bits per heavy atom. The van der Waals surface area contributed by atoms with E-state index in [0.717, 1.165) is 16.1 Å². The second kappa shape index (κ2) is 9.31. The molecule has 8 heteroatoms. The molecular formula is C27H24N4O3S. The zero-order valence-corrected chi connectivity index (χ0v) is 20.1. The molecule has 0 spiro atoms. The number of benzene rings is 2. The van der Waals surface area contributed by atoms with Crippen LogP contribution in [0.1, 0.15) is 28.6 Å². The third-order valence-corrected chi connectivity index (χ3v) is 7.02. The van der Waals surface area contributed by atoms with E-state index in [1.54, 1.807) is 30.0 Å². The summed E-state index contributed by atoms with van der Waals surface area (Å²) >= 11 is 1.54. The smallest absolute Gasteiger partial charge is 0.251 e. The van der Waals surface area contributed by atoms with Crippen molar-refractivity contribution < 1.29 is 9.59 Å². The van der Waals surface area contributed by atoms with Crippen LogP contribution in [-0.2, 0) is 9.59 Å². The number of amides is 2. The fourth-order valence-electron chi connectivity index (χ4n) is 4.46. The van der Waals surface area contributed by atoms with Crippen molar-refractivity contribution in [2.24, 2.45) is 5.92 Å². The lowest BCUT2D eigenvalue weighted by molar-refractivity contribution is -0.122. The van der Waals surface area contributed by atoms with Crippen LogP contribution in [0.4, 0.5) is 11.4 Å². The number of anilines is 2. The number of rotatable bonds is 5. The van der Waals surface area contributed by atoms with Gasteiger partial charge >= 0.3 is 0 Å². The van der Waals surface area contributed by atoms with Crippen LogP contribution in [0.25, 0.3) is 11.4 Å². The molecule has 1 aliphatic heterocycles. The summed E-state index contributed by atoms with van der Waals surface area (Å²) in [6, 6.07) is 19.9. The summed E-state index contributed by atoms with van der Waals surface area (Å²) in [6.07, 6.45) is 0.120. The molecule has 1 aliphatic rings. The zero-order chi connectivity index (χ0) is 24.5. The van der Waals surface area contributed by atoms with Crippen molar-refractivity contribution in [1.82, 2.24) is 9.97 Å². The number of hydrogen-bond acceptors (Lipinski definition) is 5. The highest BCUT2D eigenvalue weighted by Gasteiger charge is 2.45. The average Bonchev–Trinajstić information content (AvgIpc) is 3.47. The number of H-pyrrole nitrogens is 1. The van der Waals surface area contributed by atoms with E-state index in [4.69, 9.17) is 0 Å². The number of aryl methyl sites for hydroxylation is 2. The van der Waals surface area contributed by atoms with Crippen molar-refractivity contribution in [1.29, 1.82) is 0 Å². The van der Waals surface area contributed by atoms with Gasteiger partial charge in [-0.05, 0) is 49.6 Å². The van der Waals surface area contributed by atoms with Gasteiger partial charge in [-0.2, -0.15) is 0 Å². The molecule has 1 fully saturated rings. The molecule has 7 nitrogen and oxygen atoms in total. The van der Waals surface area contributed by atoms with Gasteiger partial charge in [0.15, 0.2) is 0 Å². The molecule has 2 amide bonds. The Morgan fingerprint density at radius 3 is 2.57 bits per heavy atom. The summed E-state index contributed by atoms with van der Waals surface area (Å²) in [5, 5.41) is 4.94. The van der Waals surface area contributed by atoms with Gasteiger partial charge in [-0.15, -0.1) is 11.3 Å². The lowest BCUT2D eigenvalue weighted by atomic mass is 9.97. The van der Waals surface area contributed by atoms with E-state index in [2.05, 4.69) is 15.3 Å². The third kappa shape index (κ3) is 4.65. The molecule has 0 saturated carbocycles. The van der Waals surface area contributed by atoms with Gasteiger partial charge in [-0.3, -0.25) is 14.4 Å². The first-order chi connectivity index (χ1) is 16.9. The van der Waals surface area contributed by atoms with Crippen LogP contribution in [0, 0.1) is 19.8 Å². The van der Waals surface area contributed by atoms with Crippen LogP contribution >= 0.6 is 11.3 Å². The fraction of sp³-hybridized carbons (Fsp3) is 0.185. The second-order valence-corrected chi connectivity index (χ2v) is 9.65. The number of aromatic nitrogens is 2. The van der Waals surface area contributed by atoms with Crippen molar-refractivity contribution in [3.63, 3.8) is 0 Å². The molecule has 2 aromatic carbocycles. The van der Waals surface area contributed by atoms with E-state index in [-0.39, 0.29) is 29.8 Å². The van der Waals surface area contributed by atoms with Gasteiger partial charge in [0.25, 0.3) is 5.56 Å². The third-order valence-electron chi connectivity index (χ3n) is 6.08. The Kier molecular flexibility index (Phi) is 6.05. The van der Waals surface area contributed by atoms with Gasteiger partial charge in [-0.25, -0.2) is 4.98 Å². The minimum atomic E-state index is -0.553. The summed E-state index contributed by atoms with van der Waals surface area (Å²) in [4.78, 5) is 48.3. The summed E-state index contributed by atoms with van der Waals surface area (Å²) in [6.45, 7) is 3.75. The van der Waals surface area contributed by atoms with E-state index >= 15 is 0 Å². The van der Waals surface area contributed by atoms with Crippen molar-refractivity contribution >= 4 is 34.5 Å². The fourth-order valence-corrected chi connectivity index (χ4v) is 5.34. The lowest BCUT2D eigenvalue weighted by Gasteiger charge is -2.27. The number of carbonyl (C=O) groups is 2. The quantitative estimate of drug-likeness (QED) is 0.423. The number of nitrogens with zero attached hydrogens (tertiary/aromatic N) is 2. The first-order valence-electron chi connectivity index (χ1n) is 11.3. The number of hydrogen-bond donors (Lipinski definition) is 2. The highest BCUT2D eigenvalue weighted by Crippen LogP contribution is 2.43. The minimum Gasteiger partial charge on any atom is -0.326 e. The maximum Gasteiger partial charge on any atom is 0.251 e. The molecule has 2 aromatic heterocycles. The van der Waals surface area contributed by atoms with Crippen molar-refractivity contribution in [2.45, 2.75) is 26.3 Å². The van der Waals surface area contributed by atoms with Crippen LogP contribution in [0.5, 0.6) is 0 Å². The average molecular weight is 485 g/mol. The summed E-state index contributed by atoms with van der Waals surface area (Å²) in [5.74, 6) is -0.427. The van der Waals surface area contributed by atoms with E-state index in [1.807, 2.05) is 54.8 Å². The van der Waals surface area contributed by atoms with E-state index < -0.39 is 5.92 Å². The summed E-state index contributed by atoms with van der Waals surface area (Å²) in [7, 11) is 0. The van der Waals surface area contributed by atoms with Gasteiger partial charge in [0.05, 0.1) is 12.0 Å². The van der Waals surface area contributed by atoms with Gasteiger partial charge in [-0.1, -0.05) is 35.9 Å². The highest BCUT2D eigenvalue weighted by atomic mass is 32.1. The zero-order valence-electron chi connectivity index (χ0n) is 19.3. The first kappa shape index (κ1) is 22.7. The number of nitrogens with one attached hydrogen (secondary N) is 2. The van der Waals surface area contributed by atoms with Crippen LogP contribution in [0.15, 0.2) is 76.9 Å². The SMILES string of the molecule is Cc1ccc(N2C(=O)CC(C(=O)Nc3cccc(-c4nc(C)cc(=O)[nH]4)c3)C2c2cccs2)cc1. The van der Waals surface area contributed by atoms with Gasteiger partial charge in [0.2, 0.25) is 11.8 Å². The number of thiophene rings is 1. The standard InChI is InChI=1S/C27H24N4O3S/c1-16-8-10-20(11-9-16)31-24(33)15-21(25(31)22-7-4-12-35-22)27(34)29-19-6-3-5-18(14-19)26-28-17(2)13-23(32)30-26/h3-14,21,25H,15H2,1-2H3,(H,29,34)(H,28,30,32). The van der Waals surface area contributed by atoms with E-state index in [0.29, 0.717) is 22.8 Å². The molecule has 0 bridgehead atoms. The molecule has 35 heavy (non-hydrogen) atoms. The van der Waals surface area contributed by atoms with Crippen molar-refractivity contribution in [3.8, 4) is 11.4 Å². The molecule has 176 valence electrons. The molecule has 4 aromatic rings. The van der Waals surface area contributed by atoms with Crippen LogP contribution in [0.2, 0.25) is 0 Å². The highest BCUT2D eigenvalue weighted by molar-refractivity contribution is 7.10. The van der Waals surface area contributed by atoms with Crippen molar-refractivity contribution in [2.75, 3.05) is 10.2 Å². The molecule has 3 heterocycles. The molecule has 0 aliphatic carbocycles. The molecule has 5 rings (SSSR count). The normalized spacial score (nSPS) is 17.5. The van der Waals surface area contributed by atoms with Gasteiger partial charge in [0, 0.05) is 40.0 Å². The maximum atomic E-state index is 13.5. The Morgan fingerprint density at radius 2 is 1.86 bits per heavy atom. The predicted molar refractivity (Wildman–Crippen MR) is 137 cm³/mol. The Bertz CT molecular complexity index is 1440. The molecular weight excluding hydrogens is 460 g/mol. The molecule has 2 atom stereocenters. The predicted octanol–water partition coefficient (Wildman–Crippen LogP) is 4.85. The van der Waals surface area contributed by atoms with Crippen LogP contribution < -0.4 is 15.8 Å².